The molecule has 5 rings (SSSR count). The summed E-state index contributed by atoms with van der Waals surface area (Å²) in [4.78, 5) is 2.86. The number of rotatable bonds is 4. The number of aryl methyl sites for hydroxylation is 2. The lowest BCUT2D eigenvalue weighted by Gasteiger charge is -2.12. The molecule has 38 heavy (non-hydrogen) atoms. The monoisotopic (exact) mass is 570 g/mol. The number of halogens is 2. The van der Waals surface area contributed by atoms with Crippen LogP contribution in [0.1, 0.15) is 10.6 Å². The van der Waals surface area contributed by atoms with Gasteiger partial charge in [-0.05, 0) is 55.5 Å². The fourth-order valence-corrected chi connectivity index (χ4v) is 6.17. The second-order valence-electron chi connectivity index (χ2n) is 8.40. The van der Waals surface area contributed by atoms with Crippen molar-refractivity contribution in [2.75, 3.05) is 11.9 Å². The van der Waals surface area contributed by atoms with Crippen LogP contribution >= 0.6 is 23.1 Å². The Hall–Kier alpha value is -3.31. The third-order valence-corrected chi connectivity index (χ3v) is 8.88. The smallest absolute Gasteiger partial charge is 0.262 e. The van der Waals surface area contributed by atoms with Gasteiger partial charge in [0.25, 0.3) is 5.01 Å². The second-order valence-corrected chi connectivity index (χ2v) is 11.9. The van der Waals surface area contributed by atoms with Gasteiger partial charge < -0.3 is 9.45 Å². The fourth-order valence-electron chi connectivity index (χ4n) is 3.61. The van der Waals surface area contributed by atoms with Crippen molar-refractivity contribution in [1.29, 1.82) is 0 Å². The molecule has 0 saturated heterocycles. The first-order chi connectivity index (χ1) is 18.0. The van der Waals surface area contributed by atoms with Gasteiger partial charge >= 0.3 is 0 Å². The topological polar surface area (TPSA) is 64.3 Å². The van der Waals surface area contributed by atoms with E-state index in [0.29, 0.717) is 0 Å². The first-order valence-corrected chi connectivity index (χ1v) is 14.4. The Labute approximate surface area is 228 Å². The average molecular weight is 571 g/mol. The zero-order valence-electron chi connectivity index (χ0n) is 20.8. The van der Waals surface area contributed by atoms with E-state index in [9.17, 15) is 21.8 Å². The van der Waals surface area contributed by atoms with E-state index in [1.165, 1.54) is 24.3 Å². The van der Waals surface area contributed by atoms with Crippen molar-refractivity contribution >= 4 is 55.2 Å². The van der Waals surface area contributed by atoms with E-state index in [1.807, 2.05) is 60.9 Å². The number of hydrogen-bond acceptors (Lipinski definition) is 6. The molecule has 10 heteroatoms. The number of aromatic nitrogens is 1. The van der Waals surface area contributed by atoms with Crippen molar-refractivity contribution in [3.05, 3.63) is 112 Å². The van der Waals surface area contributed by atoms with Crippen LogP contribution in [-0.4, -0.2) is 20.0 Å². The highest BCUT2D eigenvalue weighted by atomic mass is 32.2. The zero-order chi connectivity index (χ0) is 27.4. The molecule has 0 fully saturated rings. The van der Waals surface area contributed by atoms with Gasteiger partial charge in [-0.15, -0.1) is 0 Å². The number of hydrogen-bond donors (Lipinski definition) is 0. The number of fused-ring (bicyclic) bond motifs is 2. The van der Waals surface area contributed by atoms with E-state index in [2.05, 4.69) is 0 Å². The predicted molar refractivity (Wildman–Crippen MR) is 149 cm³/mol. The lowest BCUT2D eigenvalue weighted by Crippen LogP contribution is -2.28. The molecule has 5 nitrogen and oxygen atoms in total. The molecule has 1 aromatic heterocycles. The minimum Gasteiger partial charge on any atom is -0.744 e. The van der Waals surface area contributed by atoms with Gasteiger partial charge in [0.2, 0.25) is 5.52 Å². The molecule has 1 aliphatic rings. The van der Waals surface area contributed by atoms with E-state index in [0.717, 1.165) is 36.4 Å². The minimum atomic E-state index is -4.27. The summed E-state index contributed by atoms with van der Waals surface area (Å²) in [6.07, 6.45) is 9.89. The summed E-state index contributed by atoms with van der Waals surface area (Å²) < 4.78 is 61.0. The lowest BCUT2D eigenvalue weighted by atomic mass is 10.2. The Balaban J connectivity index is 0.000000257. The number of nitrogens with zero attached hydrogens (tertiary/aromatic N) is 2. The Morgan fingerprint density at radius 3 is 2.34 bits per heavy atom. The SMILES string of the molecule is CN1/C(=C/C=C/C=C/c2sc3ccc(F)cc3[n+]2C)Sc2ccc(F)cc21.Cc1ccc(S(=O)(=O)[O-])cc1. The minimum absolute atomic E-state index is 0.178. The Morgan fingerprint density at radius 1 is 0.947 bits per heavy atom. The first-order valence-electron chi connectivity index (χ1n) is 11.4. The van der Waals surface area contributed by atoms with Crippen LogP contribution in [0.3, 0.4) is 0 Å². The summed E-state index contributed by atoms with van der Waals surface area (Å²) in [7, 11) is -0.400. The molecule has 3 aromatic carbocycles. The van der Waals surface area contributed by atoms with Gasteiger partial charge in [0, 0.05) is 24.1 Å². The van der Waals surface area contributed by atoms with Crippen LogP contribution in [-0.2, 0) is 17.2 Å². The van der Waals surface area contributed by atoms with Crippen molar-refractivity contribution in [3.63, 3.8) is 0 Å². The van der Waals surface area contributed by atoms with Crippen molar-refractivity contribution in [1.82, 2.24) is 0 Å². The van der Waals surface area contributed by atoms with E-state index in [-0.39, 0.29) is 16.5 Å². The average Bonchev–Trinajstić information content (AvgIpc) is 3.35. The van der Waals surface area contributed by atoms with E-state index >= 15 is 0 Å². The van der Waals surface area contributed by atoms with Crippen molar-refractivity contribution in [3.8, 4) is 0 Å². The first kappa shape index (κ1) is 27.7. The molecule has 0 unspecified atom stereocenters. The molecule has 0 atom stereocenters. The molecular formula is C28H24F2N2O3S3. The maximum atomic E-state index is 13.4. The molecule has 0 bridgehead atoms. The van der Waals surface area contributed by atoms with Crippen LogP contribution in [0.15, 0.2) is 99.8 Å². The van der Waals surface area contributed by atoms with Crippen LogP contribution < -0.4 is 9.47 Å². The quantitative estimate of drug-likeness (QED) is 0.158. The van der Waals surface area contributed by atoms with E-state index in [1.54, 1.807) is 59.5 Å². The van der Waals surface area contributed by atoms with Gasteiger partial charge in [0.1, 0.15) is 33.5 Å². The summed E-state index contributed by atoms with van der Waals surface area (Å²) >= 11 is 3.24. The molecule has 2 heterocycles. The standard InChI is InChI=1S/C21H17F2N2S2.C7H8O3S/c1-24-16-12-14(22)8-10-18(16)26-20(24)6-4-3-5-7-21-25(2)17-13-15(23)9-11-19(17)27-21;1-6-2-4-7(5-3-6)11(8,9)10/h3-13H,1-2H3;2-5H,1H3,(H,8,9,10)/q+1;/p-1. The van der Waals surface area contributed by atoms with Crippen LogP contribution in [0.5, 0.6) is 0 Å². The van der Waals surface area contributed by atoms with Gasteiger partial charge in [-0.25, -0.2) is 17.2 Å². The van der Waals surface area contributed by atoms with Crippen LogP contribution in [0, 0.1) is 18.6 Å². The maximum Gasteiger partial charge on any atom is 0.262 e. The second kappa shape index (κ2) is 11.6. The summed E-state index contributed by atoms with van der Waals surface area (Å²) in [6.45, 7) is 1.82. The van der Waals surface area contributed by atoms with E-state index in [4.69, 9.17) is 0 Å². The van der Waals surface area contributed by atoms with Crippen LogP contribution in [0.2, 0.25) is 0 Å². The molecule has 0 saturated carbocycles. The van der Waals surface area contributed by atoms with Crippen LogP contribution in [0.4, 0.5) is 14.5 Å². The van der Waals surface area contributed by atoms with Crippen molar-refractivity contribution < 1.29 is 26.3 Å². The molecule has 0 N–H and O–H groups in total. The number of benzene rings is 3. The number of thioether (sulfide) groups is 1. The molecule has 0 spiro atoms. The molecule has 0 aliphatic carbocycles. The number of thiazole rings is 1. The lowest BCUT2D eigenvalue weighted by molar-refractivity contribution is -0.642. The van der Waals surface area contributed by atoms with E-state index < -0.39 is 10.1 Å². The van der Waals surface area contributed by atoms with Gasteiger partial charge in [0.15, 0.2) is 0 Å². The van der Waals surface area contributed by atoms with Crippen LogP contribution in [0.25, 0.3) is 16.3 Å². The van der Waals surface area contributed by atoms with Gasteiger partial charge in [-0.1, -0.05) is 59.0 Å². The fraction of sp³-hybridized carbons (Fsp3) is 0.107. The third-order valence-electron chi connectivity index (χ3n) is 5.66. The Morgan fingerprint density at radius 2 is 1.63 bits per heavy atom. The normalized spacial score (nSPS) is 14.5. The largest absolute Gasteiger partial charge is 0.744 e. The summed E-state index contributed by atoms with van der Waals surface area (Å²) in [5.74, 6) is -0.450. The highest BCUT2D eigenvalue weighted by molar-refractivity contribution is 8.03. The van der Waals surface area contributed by atoms with Crippen molar-refractivity contribution in [2.24, 2.45) is 7.05 Å². The predicted octanol–water partition coefficient (Wildman–Crippen LogP) is 6.56. The van der Waals surface area contributed by atoms with Gasteiger partial charge in [-0.2, -0.15) is 4.57 Å². The van der Waals surface area contributed by atoms with Crippen molar-refractivity contribution in [2.45, 2.75) is 16.7 Å². The molecule has 1 aliphatic heterocycles. The Kier molecular flexibility index (Phi) is 8.47. The Bertz CT molecular complexity index is 1680. The summed E-state index contributed by atoms with van der Waals surface area (Å²) in [6, 6.07) is 15.5. The summed E-state index contributed by atoms with van der Waals surface area (Å²) in [5, 5.41) is 2.09. The molecular weight excluding hydrogens is 547 g/mol. The highest BCUT2D eigenvalue weighted by Crippen LogP contribution is 2.45. The number of allylic oxidation sites excluding steroid dienone is 4. The molecule has 0 amide bonds. The molecule has 0 radical (unpaired) electrons. The zero-order valence-corrected chi connectivity index (χ0v) is 23.2. The maximum absolute atomic E-state index is 13.4. The van der Waals surface area contributed by atoms with Gasteiger partial charge in [-0.3, -0.25) is 0 Å². The number of anilines is 1. The molecule has 4 aromatic rings. The highest BCUT2D eigenvalue weighted by Gasteiger charge is 2.21. The summed E-state index contributed by atoms with van der Waals surface area (Å²) in [5.41, 5.74) is 2.71. The van der Waals surface area contributed by atoms with Gasteiger partial charge in [0.05, 0.1) is 15.6 Å². The third kappa shape index (κ3) is 6.57. The molecule has 196 valence electrons.